The fraction of sp³-hybridized carbons (Fsp3) is 0.125. The molecular formula is C16H15ClN4O3S. The van der Waals surface area contributed by atoms with E-state index < -0.39 is 10.0 Å². The Morgan fingerprint density at radius 2 is 2.04 bits per heavy atom. The molecule has 3 rings (SSSR count). The molecule has 1 amide bonds. The van der Waals surface area contributed by atoms with E-state index in [2.05, 4.69) is 10.4 Å². The number of fused-ring (bicyclic) bond motifs is 1. The third-order valence-electron chi connectivity index (χ3n) is 3.60. The van der Waals surface area contributed by atoms with Gasteiger partial charge in [0.2, 0.25) is 15.9 Å². The summed E-state index contributed by atoms with van der Waals surface area (Å²) >= 11 is 6.05. The molecule has 1 aromatic heterocycles. The Hall–Kier alpha value is -2.42. The molecule has 130 valence electrons. The van der Waals surface area contributed by atoms with Gasteiger partial charge < -0.3 is 5.32 Å². The standard InChI is InChI=1S/C16H15ClN4O3S/c1-21-9-12-14(20-21)7-11(8-15(12)25(18,23)24)19-16(22)6-10-4-2-3-5-13(10)17/h2-5,7-9H,6H2,1H3,(H,19,22)(H2,18,23,24). The van der Waals surface area contributed by atoms with Crippen LogP contribution in [0.4, 0.5) is 5.69 Å². The number of nitrogens with zero attached hydrogens (tertiary/aromatic N) is 2. The predicted molar refractivity (Wildman–Crippen MR) is 95.9 cm³/mol. The molecular weight excluding hydrogens is 364 g/mol. The van der Waals surface area contributed by atoms with Crippen LogP contribution < -0.4 is 10.5 Å². The molecule has 3 aromatic rings. The Kier molecular flexibility index (Phi) is 4.51. The number of sulfonamides is 1. The number of hydrogen-bond donors (Lipinski definition) is 2. The van der Waals surface area contributed by atoms with Crippen molar-refractivity contribution in [2.45, 2.75) is 11.3 Å². The summed E-state index contributed by atoms with van der Waals surface area (Å²) in [6, 6.07) is 9.92. The summed E-state index contributed by atoms with van der Waals surface area (Å²) in [6.45, 7) is 0. The number of carbonyl (C=O) groups excluding carboxylic acids is 1. The smallest absolute Gasteiger partial charge is 0.238 e. The predicted octanol–water partition coefficient (Wildman–Crippen LogP) is 2.06. The zero-order chi connectivity index (χ0) is 18.2. The maximum Gasteiger partial charge on any atom is 0.238 e. The van der Waals surface area contributed by atoms with Gasteiger partial charge in [-0.1, -0.05) is 29.8 Å². The molecule has 0 aliphatic rings. The normalized spacial score (nSPS) is 11.6. The van der Waals surface area contributed by atoms with Crippen LogP contribution in [0.3, 0.4) is 0 Å². The molecule has 0 bridgehead atoms. The molecule has 0 radical (unpaired) electrons. The van der Waals surface area contributed by atoms with Crippen molar-refractivity contribution >= 4 is 44.1 Å². The van der Waals surface area contributed by atoms with Gasteiger partial charge in [-0.05, 0) is 23.8 Å². The maximum absolute atomic E-state index is 12.3. The van der Waals surface area contributed by atoms with E-state index in [4.69, 9.17) is 16.7 Å². The van der Waals surface area contributed by atoms with E-state index in [9.17, 15) is 13.2 Å². The summed E-state index contributed by atoms with van der Waals surface area (Å²) in [5, 5.41) is 13.0. The fourth-order valence-electron chi connectivity index (χ4n) is 2.54. The quantitative estimate of drug-likeness (QED) is 0.724. The molecule has 0 aliphatic carbocycles. The highest BCUT2D eigenvalue weighted by Gasteiger charge is 2.17. The lowest BCUT2D eigenvalue weighted by Crippen LogP contribution is -2.16. The Morgan fingerprint density at radius 3 is 2.72 bits per heavy atom. The van der Waals surface area contributed by atoms with Crippen molar-refractivity contribution in [1.82, 2.24) is 9.78 Å². The minimum atomic E-state index is -3.97. The summed E-state index contributed by atoms with van der Waals surface area (Å²) in [7, 11) is -2.30. The fourth-order valence-corrected chi connectivity index (χ4v) is 3.50. The van der Waals surface area contributed by atoms with Crippen molar-refractivity contribution in [3.63, 3.8) is 0 Å². The van der Waals surface area contributed by atoms with Gasteiger partial charge in [0.1, 0.15) is 0 Å². The van der Waals surface area contributed by atoms with E-state index in [0.717, 1.165) is 0 Å². The van der Waals surface area contributed by atoms with Crippen molar-refractivity contribution < 1.29 is 13.2 Å². The molecule has 0 atom stereocenters. The van der Waals surface area contributed by atoms with Crippen LogP contribution in [-0.4, -0.2) is 24.1 Å². The Morgan fingerprint density at radius 1 is 1.32 bits per heavy atom. The summed E-state index contributed by atoms with van der Waals surface area (Å²) in [6.07, 6.45) is 1.62. The van der Waals surface area contributed by atoms with Crippen LogP contribution >= 0.6 is 11.6 Å². The molecule has 0 fully saturated rings. The number of benzene rings is 2. The number of primary sulfonamides is 1. The summed E-state index contributed by atoms with van der Waals surface area (Å²) in [4.78, 5) is 12.2. The van der Waals surface area contributed by atoms with Crippen molar-refractivity contribution in [2.75, 3.05) is 5.32 Å². The zero-order valence-corrected chi connectivity index (χ0v) is 14.8. The second kappa shape index (κ2) is 6.47. The van der Waals surface area contributed by atoms with Crippen LogP contribution in [0, 0.1) is 0 Å². The van der Waals surface area contributed by atoms with E-state index >= 15 is 0 Å². The summed E-state index contributed by atoms with van der Waals surface area (Å²) in [5.41, 5.74) is 1.39. The van der Waals surface area contributed by atoms with E-state index in [1.54, 1.807) is 43.6 Å². The Bertz CT molecular complexity index is 1080. The van der Waals surface area contributed by atoms with Gasteiger partial charge in [-0.15, -0.1) is 0 Å². The third-order valence-corrected chi connectivity index (χ3v) is 4.92. The number of nitrogens with two attached hydrogens (primary N) is 1. The third kappa shape index (κ3) is 3.81. The number of aryl methyl sites for hydroxylation is 1. The van der Waals surface area contributed by atoms with Crippen LogP contribution in [-0.2, 0) is 28.3 Å². The van der Waals surface area contributed by atoms with Gasteiger partial charge in [0.25, 0.3) is 0 Å². The topological polar surface area (TPSA) is 107 Å². The van der Waals surface area contributed by atoms with Crippen LogP contribution in [0.5, 0.6) is 0 Å². The second-order valence-electron chi connectivity index (χ2n) is 5.57. The van der Waals surface area contributed by atoms with Gasteiger partial charge in [-0.2, -0.15) is 5.10 Å². The van der Waals surface area contributed by atoms with Gasteiger partial charge in [-0.25, -0.2) is 13.6 Å². The molecule has 0 saturated carbocycles. The van der Waals surface area contributed by atoms with Gasteiger partial charge >= 0.3 is 0 Å². The number of rotatable bonds is 4. The van der Waals surface area contributed by atoms with E-state index in [-0.39, 0.29) is 17.2 Å². The monoisotopic (exact) mass is 378 g/mol. The number of anilines is 1. The summed E-state index contributed by atoms with van der Waals surface area (Å²) in [5.74, 6) is -0.330. The van der Waals surface area contributed by atoms with E-state index in [0.29, 0.717) is 27.2 Å². The first kappa shape index (κ1) is 17.4. The van der Waals surface area contributed by atoms with Crippen LogP contribution in [0.25, 0.3) is 10.9 Å². The second-order valence-corrected chi connectivity index (χ2v) is 7.51. The molecule has 0 unspecified atom stereocenters. The average molecular weight is 379 g/mol. The molecule has 9 heteroatoms. The molecule has 3 N–H and O–H groups in total. The molecule has 2 aromatic carbocycles. The van der Waals surface area contributed by atoms with Gasteiger partial charge in [-0.3, -0.25) is 9.48 Å². The first-order valence-electron chi connectivity index (χ1n) is 7.27. The number of aromatic nitrogens is 2. The van der Waals surface area contributed by atoms with E-state index in [1.807, 2.05) is 0 Å². The first-order chi connectivity index (χ1) is 11.7. The highest BCUT2D eigenvalue weighted by molar-refractivity contribution is 7.89. The highest BCUT2D eigenvalue weighted by Crippen LogP contribution is 2.26. The lowest BCUT2D eigenvalue weighted by molar-refractivity contribution is -0.115. The number of nitrogens with one attached hydrogen (secondary N) is 1. The van der Waals surface area contributed by atoms with Gasteiger partial charge in [0, 0.05) is 29.3 Å². The molecule has 0 saturated heterocycles. The van der Waals surface area contributed by atoms with Crippen molar-refractivity contribution in [3.8, 4) is 0 Å². The molecule has 0 spiro atoms. The van der Waals surface area contributed by atoms with Crippen LogP contribution in [0.1, 0.15) is 5.56 Å². The Labute approximate surface area is 149 Å². The maximum atomic E-state index is 12.3. The van der Waals surface area contributed by atoms with Crippen molar-refractivity contribution in [2.24, 2.45) is 12.2 Å². The Balaban J connectivity index is 1.94. The van der Waals surface area contributed by atoms with E-state index in [1.165, 1.54) is 10.7 Å². The SMILES string of the molecule is Cn1cc2c(S(N)(=O)=O)cc(NC(=O)Cc3ccccc3Cl)cc2n1. The molecule has 0 aliphatic heterocycles. The minimum absolute atomic E-state index is 0.0602. The van der Waals surface area contributed by atoms with Crippen LogP contribution in [0.2, 0.25) is 5.02 Å². The van der Waals surface area contributed by atoms with Gasteiger partial charge in [0.15, 0.2) is 0 Å². The lowest BCUT2D eigenvalue weighted by atomic mass is 10.1. The number of carbonyl (C=O) groups is 1. The number of hydrogen-bond acceptors (Lipinski definition) is 4. The lowest BCUT2D eigenvalue weighted by Gasteiger charge is -2.08. The van der Waals surface area contributed by atoms with Crippen LogP contribution in [0.15, 0.2) is 47.5 Å². The van der Waals surface area contributed by atoms with Crippen molar-refractivity contribution in [3.05, 3.63) is 53.2 Å². The minimum Gasteiger partial charge on any atom is -0.326 e. The highest BCUT2D eigenvalue weighted by atomic mass is 35.5. The number of amides is 1. The largest absolute Gasteiger partial charge is 0.326 e. The van der Waals surface area contributed by atoms with Crippen molar-refractivity contribution in [1.29, 1.82) is 0 Å². The molecule has 25 heavy (non-hydrogen) atoms. The zero-order valence-electron chi connectivity index (χ0n) is 13.2. The first-order valence-corrected chi connectivity index (χ1v) is 9.20. The number of halogens is 1. The average Bonchev–Trinajstić information content (AvgIpc) is 2.87. The molecule has 1 heterocycles. The van der Waals surface area contributed by atoms with Gasteiger partial charge in [0.05, 0.1) is 16.8 Å². The summed E-state index contributed by atoms with van der Waals surface area (Å²) < 4.78 is 25.2. The molecule has 7 nitrogen and oxygen atoms in total.